The summed E-state index contributed by atoms with van der Waals surface area (Å²) in [5.41, 5.74) is 0. The summed E-state index contributed by atoms with van der Waals surface area (Å²) >= 11 is 0. The van der Waals surface area contributed by atoms with Gasteiger partial charge in [0.2, 0.25) is 5.91 Å². The lowest BCUT2D eigenvalue weighted by Crippen LogP contribution is -2.48. The number of carboxylic acid groups (broad SMARTS) is 1. The molecular formula is C14H26N2O5. The van der Waals surface area contributed by atoms with Crippen molar-refractivity contribution in [2.24, 2.45) is 0 Å². The van der Waals surface area contributed by atoms with Crippen LogP contribution in [0.2, 0.25) is 0 Å². The minimum atomic E-state index is -1.02. The molecule has 0 aromatic heterocycles. The normalized spacial score (nSPS) is 19.7. The van der Waals surface area contributed by atoms with E-state index in [9.17, 15) is 9.59 Å². The van der Waals surface area contributed by atoms with Crippen LogP contribution in [-0.2, 0) is 19.1 Å². The Morgan fingerprint density at radius 3 is 2.76 bits per heavy atom. The number of hydrogen-bond donors (Lipinski definition) is 1. The van der Waals surface area contributed by atoms with E-state index in [-0.39, 0.29) is 31.5 Å². The molecule has 0 saturated carbocycles. The molecule has 1 rings (SSSR count). The lowest BCUT2D eigenvalue weighted by Gasteiger charge is -2.35. The highest BCUT2D eigenvalue weighted by Gasteiger charge is 2.26. The minimum Gasteiger partial charge on any atom is -0.480 e. The monoisotopic (exact) mass is 302 g/mol. The van der Waals surface area contributed by atoms with E-state index >= 15 is 0 Å². The predicted molar refractivity (Wildman–Crippen MR) is 77.2 cm³/mol. The zero-order valence-corrected chi connectivity index (χ0v) is 13.1. The zero-order chi connectivity index (χ0) is 15.8. The molecule has 0 bridgehead atoms. The van der Waals surface area contributed by atoms with Gasteiger partial charge >= 0.3 is 5.97 Å². The zero-order valence-electron chi connectivity index (χ0n) is 13.1. The van der Waals surface area contributed by atoms with E-state index in [1.165, 1.54) is 12.0 Å². The number of amides is 1. The number of ether oxygens (including phenoxy) is 2. The van der Waals surface area contributed by atoms with Gasteiger partial charge < -0.3 is 19.5 Å². The lowest BCUT2D eigenvalue weighted by atomic mass is 10.1. The first-order chi connectivity index (χ1) is 9.93. The molecule has 0 aromatic carbocycles. The van der Waals surface area contributed by atoms with Gasteiger partial charge in [0.15, 0.2) is 0 Å². The molecule has 0 unspecified atom stereocenters. The average molecular weight is 302 g/mol. The number of carbonyl (C=O) groups is 2. The first-order valence-corrected chi connectivity index (χ1v) is 7.28. The second kappa shape index (κ2) is 8.96. The molecule has 122 valence electrons. The third-order valence-corrected chi connectivity index (χ3v) is 3.55. The SMILES string of the molecule is COCCN(CC(=O)O)C(=O)C[C@@H]1CN(C(C)C)CCO1. The van der Waals surface area contributed by atoms with Crippen LogP contribution >= 0.6 is 0 Å². The summed E-state index contributed by atoms with van der Waals surface area (Å²) in [7, 11) is 1.52. The summed E-state index contributed by atoms with van der Waals surface area (Å²) in [5, 5.41) is 8.88. The molecule has 1 aliphatic rings. The number of aliphatic carboxylic acids is 1. The van der Waals surface area contributed by atoms with Crippen molar-refractivity contribution in [3.05, 3.63) is 0 Å². The van der Waals surface area contributed by atoms with Gasteiger partial charge in [0, 0.05) is 32.8 Å². The Bertz CT molecular complexity index is 348. The van der Waals surface area contributed by atoms with Crippen molar-refractivity contribution in [3.8, 4) is 0 Å². The molecule has 1 N–H and O–H groups in total. The molecule has 1 saturated heterocycles. The molecule has 1 fully saturated rings. The molecule has 0 spiro atoms. The van der Waals surface area contributed by atoms with Gasteiger partial charge in [-0.2, -0.15) is 0 Å². The Morgan fingerprint density at radius 1 is 1.48 bits per heavy atom. The van der Waals surface area contributed by atoms with Crippen LogP contribution in [0.3, 0.4) is 0 Å². The molecular weight excluding hydrogens is 276 g/mol. The Kier molecular flexibility index (Phi) is 7.63. The lowest BCUT2D eigenvalue weighted by molar-refractivity contribution is -0.147. The Hall–Kier alpha value is -1.18. The minimum absolute atomic E-state index is 0.174. The fourth-order valence-electron chi connectivity index (χ4n) is 2.32. The molecule has 7 nitrogen and oxygen atoms in total. The van der Waals surface area contributed by atoms with Crippen molar-refractivity contribution in [3.63, 3.8) is 0 Å². The molecule has 1 atom stereocenters. The van der Waals surface area contributed by atoms with Gasteiger partial charge in [-0.25, -0.2) is 0 Å². The van der Waals surface area contributed by atoms with Crippen LogP contribution in [0.5, 0.6) is 0 Å². The first kappa shape index (κ1) is 17.9. The van der Waals surface area contributed by atoms with Gasteiger partial charge in [-0.3, -0.25) is 14.5 Å². The predicted octanol–water partition coefficient (Wildman–Crippen LogP) is 0.0453. The molecule has 7 heteroatoms. The Morgan fingerprint density at radius 2 is 2.19 bits per heavy atom. The van der Waals surface area contributed by atoms with Crippen molar-refractivity contribution in [2.75, 3.05) is 46.5 Å². The first-order valence-electron chi connectivity index (χ1n) is 7.28. The number of morpholine rings is 1. The van der Waals surface area contributed by atoms with Gasteiger partial charge in [-0.15, -0.1) is 0 Å². The van der Waals surface area contributed by atoms with Crippen molar-refractivity contribution < 1.29 is 24.2 Å². The van der Waals surface area contributed by atoms with Crippen LogP contribution in [0.4, 0.5) is 0 Å². The fraction of sp³-hybridized carbons (Fsp3) is 0.857. The van der Waals surface area contributed by atoms with E-state index in [0.29, 0.717) is 25.8 Å². The fourth-order valence-corrected chi connectivity index (χ4v) is 2.32. The van der Waals surface area contributed by atoms with Crippen molar-refractivity contribution in [1.82, 2.24) is 9.80 Å². The largest absolute Gasteiger partial charge is 0.480 e. The number of carbonyl (C=O) groups excluding carboxylic acids is 1. The second-order valence-electron chi connectivity index (χ2n) is 5.49. The van der Waals surface area contributed by atoms with Gasteiger partial charge in [0.25, 0.3) is 0 Å². The van der Waals surface area contributed by atoms with E-state index in [0.717, 1.165) is 6.54 Å². The quantitative estimate of drug-likeness (QED) is 0.682. The highest BCUT2D eigenvalue weighted by molar-refractivity contribution is 5.81. The van der Waals surface area contributed by atoms with E-state index < -0.39 is 5.97 Å². The molecule has 0 aromatic rings. The third-order valence-electron chi connectivity index (χ3n) is 3.55. The maximum Gasteiger partial charge on any atom is 0.323 e. The summed E-state index contributed by atoms with van der Waals surface area (Å²) in [6.45, 7) is 6.69. The summed E-state index contributed by atoms with van der Waals surface area (Å²) < 4.78 is 10.5. The Balaban J connectivity index is 2.52. The average Bonchev–Trinajstić information content (AvgIpc) is 2.43. The van der Waals surface area contributed by atoms with Crippen LogP contribution in [0, 0.1) is 0 Å². The van der Waals surface area contributed by atoms with Crippen molar-refractivity contribution >= 4 is 11.9 Å². The van der Waals surface area contributed by atoms with Crippen LogP contribution in [0.1, 0.15) is 20.3 Å². The van der Waals surface area contributed by atoms with Crippen molar-refractivity contribution in [1.29, 1.82) is 0 Å². The number of nitrogens with zero attached hydrogens (tertiary/aromatic N) is 2. The molecule has 1 aliphatic heterocycles. The summed E-state index contributed by atoms with van der Waals surface area (Å²) in [4.78, 5) is 26.6. The molecule has 21 heavy (non-hydrogen) atoms. The molecule has 1 heterocycles. The van der Waals surface area contributed by atoms with E-state index in [4.69, 9.17) is 14.6 Å². The number of hydrogen-bond acceptors (Lipinski definition) is 5. The van der Waals surface area contributed by atoms with Gasteiger partial charge in [0.1, 0.15) is 6.54 Å². The third kappa shape index (κ3) is 6.41. The summed E-state index contributed by atoms with van der Waals surface area (Å²) in [6, 6.07) is 0.412. The van der Waals surface area contributed by atoms with Crippen LogP contribution < -0.4 is 0 Å². The number of rotatable bonds is 8. The summed E-state index contributed by atoms with van der Waals surface area (Å²) in [6.07, 6.45) is 0.0349. The van der Waals surface area contributed by atoms with Gasteiger partial charge in [0.05, 0.1) is 25.7 Å². The van der Waals surface area contributed by atoms with Crippen LogP contribution in [-0.4, -0.2) is 85.4 Å². The van der Waals surface area contributed by atoms with Crippen LogP contribution in [0.15, 0.2) is 0 Å². The maximum atomic E-state index is 12.2. The standard InChI is InChI=1S/C14H26N2O5/c1-11(2)15-5-7-21-12(9-15)8-13(17)16(4-6-20-3)10-14(18)19/h11-12H,4-10H2,1-3H3,(H,18,19)/t12-/m1/s1. The van der Waals surface area contributed by atoms with E-state index in [1.54, 1.807) is 0 Å². The molecule has 1 amide bonds. The topological polar surface area (TPSA) is 79.3 Å². The van der Waals surface area contributed by atoms with E-state index in [1.807, 2.05) is 0 Å². The van der Waals surface area contributed by atoms with Gasteiger partial charge in [-0.1, -0.05) is 0 Å². The van der Waals surface area contributed by atoms with E-state index in [2.05, 4.69) is 18.7 Å². The second-order valence-corrected chi connectivity index (χ2v) is 5.49. The molecule has 0 aliphatic carbocycles. The van der Waals surface area contributed by atoms with Crippen molar-refractivity contribution in [2.45, 2.75) is 32.4 Å². The highest BCUT2D eigenvalue weighted by Crippen LogP contribution is 2.12. The smallest absolute Gasteiger partial charge is 0.323 e. The van der Waals surface area contributed by atoms with Crippen LogP contribution in [0.25, 0.3) is 0 Å². The Labute approximate surface area is 125 Å². The highest BCUT2D eigenvalue weighted by atomic mass is 16.5. The van der Waals surface area contributed by atoms with Gasteiger partial charge in [-0.05, 0) is 13.8 Å². The molecule has 0 radical (unpaired) electrons. The maximum absolute atomic E-state index is 12.2. The summed E-state index contributed by atoms with van der Waals surface area (Å²) in [5.74, 6) is -1.22. The number of methoxy groups -OCH3 is 1. The number of carboxylic acids is 1.